The number of nitrogens with zero attached hydrogens (tertiary/aromatic N) is 2. The first kappa shape index (κ1) is 20.8. The third-order valence-corrected chi connectivity index (χ3v) is 6.31. The molecule has 1 aromatic carbocycles. The zero-order valence-electron chi connectivity index (χ0n) is 15.8. The van der Waals surface area contributed by atoms with E-state index in [9.17, 15) is 13.2 Å². The van der Waals surface area contributed by atoms with Gasteiger partial charge < -0.3 is 10.6 Å². The Balaban J connectivity index is 1.54. The molecule has 8 nitrogen and oxygen atoms in total. The minimum absolute atomic E-state index is 0.104. The van der Waals surface area contributed by atoms with Gasteiger partial charge in [0.2, 0.25) is 10.0 Å². The molecule has 9 heteroatoms. The molecule has 0 bridgehead atoms. The van der Waals surface area contributed by atoms with E-state index in [1.807, 2.05) is 6.07 Å². The first-order valence-corrected chi connectivity index (χ1v) is 10.9. The zero-order chi connectivity index (χ0) is 20.7. The zero-order valence-corrected chi connectivity index (χ0v) is 16.7. The third kappa shape index (κ3) is 6.01. The summed E-state index contributed by atoms with van der Waals surface area (Å²) in [7, 11) is -3.68. The molecule has 29 heavy (non-hydrogen) atoms. The summed E-state index contributed by atoms with van der Waals surface area (Å²) in [5.41, 5.74) is 1.35. The Kier molecular flexibility index (Phi) is 6.80. The lowest BCUT2D eigenvalue weighted by atomic mass is 9.87. The standard InChI is InChI=1S/C20H23N5O3S/c21-12-15-3-1-5-18(11-15)25-29(27,28)19-8-6-17(7-9-19)24-20(26)23-14-16-4-2-10-22-13-16/h2,4,6-10,13,15,18,25H,1,3,5,11,14H2,(H2,23,24,26). The number of anilines is 1. The van der Waals surface area contributed by atoms with E-state index in [1.54, 1.807) is 18.5 Å². The second kappa shape index (κ2) is 9.49. The Morgan fingerprint density at radius 1 is 1.21 bits per heavy atom. The lowest BCUT2D eigenvalue weighted by Crippen LogP contribution is -2.38. The summed E-state index contributed by atoms with van der Waals surface area (Å²) >= 11 is 0. The quantitative estimate of drug-likeness (QED) is 0.672. The van der Waals surface area contributed by atoms with Crippen molar-refractivity contribution in [2.24, 2.45) is 5.92 Å². The number of aromatic nitrogens is 1. The molecule has 1 heterocycles. The maximum Gasteiger partial charge on any atom is 0.319 e. The van der Waals surface area contributed by atoms with Crippen molar-refractivity contribution in [1.82, 2.24) is 15.0 Å². The Labute approximate surface area is 170 Å². The highest BCUT2D eigenvalue weighted by molar-refractivity contribution is 7.89. The third-order valence-electron chi connectivity index (χ3n) is 4.78. The largest absolute Gasteiger partial charge is 0.334 e. The fourth-order valence-corrected chi connectivity index (χ4v) is 4.56. The van der Waals surface area contributed by atoms with Crippen LogP contribution in [-0.4, -0.2) is 25.5 Å². The molecule has 1 fully saturated rings. The number of carbonyl (C=O) groups is 1. The SMILES string of the molecule is N#CC1CCCC(NS(=O)(=O)c2ccc(NC(=O)NCc3cccnc3)cc2)C1. The van der Waals surface area contributed by atoms with E-state index in [0.717, 1.165) is 24.8 Å². The summed E-state index contributed by atoms with van der Waals surface area (Å²) in [5.74, 6) is -0.104. The summed E-state index contributed by atoms with van der Waals surface area (Å²) < 4.78 is 27.9. The van der Waals surface area contributed by atoms with Crippen LogP contribution in [0.3, 0.4) is 0 Å². The fraction of sp³-hybridized carbons (Fsp3) is 0.350. The first-order valence-electron chi connectivity index (χ1n) is 9.42. The second-order valence-electron chi connectivity index (χ2n) is 7.00. The molecule has 0 aliphatic heterocycles. The van der Waals surface area contributed by atoms with E-state index in [1.165, 1.54) is 24.3 Å². The summed E-state index contributed by atoms with van der Waals surface area (Å²) in [5, 5.41) is 14.4. The van der Waals surface area contributed by atoms with Gasteiger partial charge in [0.25, 0.3) is 0 Å². The molecule has 0 radical (unpaired) electrons. The van der Waals surface area contributed by atoms with Gasteiger partial charge in [0.1, 0.15) is 0 Å². The van der Waals surface area contributed by atoms with Crippen molar-refractivity contribution in [1.29, 1.82) is 5.26 Å². The first-order chi connectivity index (χ1) is 14.0. The van der Waals surface area contributed by atoms with Gasteiger partial charge in [-0.15, -0.1) is 0 Å². The number of urea groups is 1. The van der Waals surface area contributed by atoms with Crippen molar-refractivity contribution in [2.75, 3.05) is 5.32 Å². The summed E-state index contributed by atoms with van der Waals surface area (Å²) in [4.78, 5) is 16.1. The van der Waals surface area contributed by atoms with Crippen LogP contribution in [0.25, 0.3) is 0 Å². The maximum atomic E-state index is 12.6. The molecule has 0 spiro atoms. The maximum absolute atomic E-state index is 12.6. The molecular formula is C20H23N5O3S. The number of rotatable bonds is 6. The second-order valence-corrected chi connectivity index (χ2v) is 8.72. The van der Waals surface area contributed by atoms with Crippen LogP contribution >= 0.6 is 0 Å². The highest BCUT2D eigenvalue weighted by atomic mass is 32.2. The molecule has 1 aliphatic rings. The molecule has 2 atom stereocenters. The predicted octanol–water partition coefficient (Wildman–Crippen LogP) is 2.76. The summed E-state index contributed by atoms with van der Waals surface area (Å²) in [6, 6.07) is 11.2. The summed E-state index contributed by atoms with van der Waals surface area (Å²) in [6.45, 7) is 0.334. The lowest BCUT2D eigenvalue weighted by molar-refractivity contribution is 0.251. The number of benzene rings is 1. The molecule has 3 N–H and O–H groups in total. The average molecular weight is 414 g/mol. The van der Waals surface area contributed by atoms with Crippen LogP contribution in [0.15, 0.2) is 53.7 Å². The van der Waals surface area contributed by atoms with E-state index in [4.69, 9.17) is 5.26 Å². The van der Waals surface area contributed by atoms with E-state index in [-0.39, 0.29) is 16.9 Å². The van der Waals surface area contributed by atoms with E-state index in [2.05, 4.69) is 26.4 Å². The van der Waals surface area contributed by atoms with Gasteiger partial charge >= 0.3 is 6.03 Å². The number of hydrogen-bond acceptors (Lipinski definition) is 5. The monoisotopic (exact) mass is 413 g/mol. The van der Waals surface area contributed by atoms with Crippen LogP contribution in [0, 0.1) is 17.2 Å². The van der Waals surface area contributed by atoms with Gasteiger partial charge in [-0.3, -0.25) is 4.98 Å². The molecule has 1 aromatic heterocycles. The van der Waals surface area contributed by atoms with E-state index in [0.29, 0.717) is 18.7 Å². The van der Waals surface area contributed by atoms with Gasteiger partial charge in [0, 0.05) is 36.6 Å². The number of carbonyl (C=O) groups excluding carboxylic acids is 1. The van der Waals surface area contributed by atoms with Crippen LogP contribution in [-0.2, 0) is 16.6 Å². The van der Waals surface area contributed by atoms with Gasteiger partial charge in [-0.2, -0.15) is 5.26 Å². The van der Waals surface area contributed by atoms with Crippen LogP contribution in [0.4, 0.5) is 10.5 Å². The lowest BCUT2D eigenvalue weighted by Gasteiger charge is -2.25. The smallest absolute Gasteiger partial charge is 0.319 e. The molecule has 1 aliphatic carbocycles. The highest BCUT2D eigenvalue weighted by Crippen LogP contribution is 2.25. The van der Waals surface area contributed by atoms with Crippen LogP contribution < -0.4 is 15.4 Å². The molecule has 0 saturated heterocycles. The fourth-order valence-electron chi connectivity index (χ4n) is 3.28. The molecule has 1 saturated carbocycles. The highest BCUT2D eigenvalue weighted by Gasteiger charge is 2.26. The van der Waals surface area contributed by atoms with Crippen molar-refractivity contribution in [3.05, 3.63) is 54.4 Å². The van der Waals surface area contributed by atoms with Gasteiger partial charge in [0.15, 0.2) is 0 Å². The number of nitriles is 1. The Morgan fingerprint density at radius 2 is 2.00 bits per heavy atom. The number of hydrogen-bond donors (Lipinski definition) is 3. The van der Waals surface area contributed by atoms with Crippen molar-refractivity contribution in [3.8, 4) is 6.07 Å². The van der Waals surface area contributed by atoms with Gasteiger partial charge in [-0.1, -0.05) is 12.5 Å². The normalized spacial score (nSPS) is 19.1. The van der Waals surface area contributed by atoms with Gasteiger partial charge in [0.05, 0.1) is 11.0 Å². The Morgan fingerprint density at radius 3 is 2.69 bits per heavy atom. The number of amides is 2. The van der Waals surface area contributed by atoms with Crippen molar-refractivity contribution < 1.29 is 13.2 Å². The minimum Gasteiger partial charge on any atom is -0.334 e. The Hall–Kier alpha value is -2.96. The topological polar surface area (TPSA) is 124 Å². The van der Waals surface area contributed by atoms with E-state index >= 15 is 0 Å². The molecule has 2 aromatic rings. The average Bonchev–Trinajstić information content (AvgIpc) is 2.73. The number of sulfonamides is 1. The molecule has 3 rings (SSSR count). The van der Waals surface area contributed by atoms with Crippen molar-refractivity contribution in [3.63, 3.8) is 0 Å². The van der Waals surface area contributed by atoms with Crippen LogP contribution in [0.5, 0.6) is 0 Å². The van der Waals surface area contributed by atoms with Crippen molar-refractivity contribution in [2.45, 2.75) is 43.2 Å². The molecule has 2 amide bonds. The molecule has 152 valence electrons. The minimum atomic E-state index is -3.68. The van der Waals surface area contributed by atoms with E-state index < -0.39 is 16.1 Å². The van der Waals surface area contributed by atoms with Gasteiger partial charge in [-0.25, -0.2) is 17.9 Å². The van der Waals surface area contributed by atoms with Crippen LogP contribution in [0.1, 0.15) is 31.2 Å². The summed E-state index contributed by atoms with van der Waals surface area (Å²) in [6.07, 6.45) is 6.24. The molecular weight excluding hydrogens is 390 g/mol. The predicted molar refractivity (Wildman–Crippen MR) is 108 cm³/mol. The number of nitrogens with one attached hydrogen (secondary N) is 3. The van der Waals surface area contributed by atoms with Crippen molar-refractivity contribution >= 4 is 21.7 Å². The molecule has 2 unspecified atom stereocenters. The number of pyridine rings is 1. The van der Waals surface area contributed by atoms with Crippen LogP contribution in [0.2, 0.25) is 0 Å². The Bertz CT molecular complexity index is 971. The van der Waals surface area contributed by atoms with Gasteiger partial charge in [-0.05, 0) is 55.2 Å².